The van der Waals surface area contributed by atoms with Crippen LogP contribution in [0.5, 0.6) is 5.75 Å². The van der Waals surface area contributed by atoms with Crippen LogP contribution >= 0.6 is 11.3 Å². The monoisotopic (exact) mass is 485 g/mol. The minimum Gasteiger partial charge on any atom is -0.493 e. The maximum absolute atomic E-state index is 10.7. The van der Waals surface area contributed by atoms with Crippen LogP contribution in [0.1, 0.15) is 41.0 Å². The Morgan fingerprint density at radius 2 is 1.60 bits per heavy atom. The molecule has 0 fully saturated rings. The molecule has 0 bridgehead atoms. The van der Waals surface area contributed by atoms with E-state index in [1.165, 1.54) is 27.1 Å². The van der Waals surface area contributed by atoms with Crippen molar-refractivity contribution in [3.8, 4) is 27.4 Å². The first kappa shape index (κ1) is 24.7. The van der Waals surface area contributed by atoms with Crippen molar-refractivity contribution in [1.29, 1.82) is 0 Å². The van der Waals surface area contributed by atoms with Crippen LogP contribution in [-0.4, -0.2) is 22.7 Å². The Hall–Kier alpha value is -3.44. The first-order chi connectivity index (χ1) is 17.0. The van der Waals surface area contributed by atoms with Gasteiger partial charge in [-0.05, 0) is 67.5 Å². The lowest BCUT2D eigenvalue weighted by Gasteiger charge is -2.10. The molecule has 0 atom stereocenters. The van der Waals surface area contributed by atoms with Gasteiger partial charge in [-0.3, -0.25) is 4.79 Å². The summed E-state index contributed by atoms with van der Waals surface area (Å²) in [4.78, 5) is 16.8. The molecule has 0 saturated carbocycles. The topological polar surface area (TPSA) is 59.4 Å². The summed E-state index contributed by atoms with van der Waals surface area (Å²) in [6.45, 7) is 4.78. The molecule has 0 amide bonds. The molecular weight excluding hydrogens is 454 g/mol. The van der Waals surface area contributed by atoms with E-state index in [0.29, 0.717) is 13.0 Å². The van der Waals surface area contributed by atoms with Crippen molar-refractivity contribution >= 4 is 17.3 Å². The van der Waals surface area contributed by atoms with Gasteiger partial charge in [-0.25, -0.2) is 4.98 Å². The quantitative estimate of drug-likeness (QED) is 0.223. The van der Waals surface area contributed by atoms with Gasteiger partial charge >= 0.3 is 5.97 Å². The lowest BCUT2D eigenvalue weighted by Crippen LogP contribution is -2.03. The highest BCUT2D eigenvalue weighted by Gasteiger charge is 2.11. The number of carbonyl (C=O) groups is 1. The molecule has 0 aliphatic carbocycles. The smallest absolute Gasteiger partial charge is 0.303 e. The highest BCUT2D eigenvalue weighted by Crippen LogP contribution is 2.30. The molecule has 3 aromatic carbocycles. The number of thiazole rings is 1. The van der Waals surface area contributed by atoms with Gasteiger partial charge in [-0.2, -0.15) is 0 Å². The summed E-state index contributed by atoms with van der Waals surface area (Å²) < 4.78 is 6.06. The maximum atomic E-state index is 10.7. The molecule has 0 aliphatic rings. The number of unbranched alkanes of at least 4 members (excludes halogenated alkanes) is 1. The van der Waals surface area contributed by atoms with Crippen molar-refractivity contribution in [2.45, 2.75) is 46.0 Å². The predicted octanol–water partition coefficient (Wildman–Crippen LogP) is 7.51. The van der Waals surface area contributed by atoms with Crippen LogP contribution in [-0.2, 0) is 17.6 Å². The Balaban J connectivity index is 1.34. The first-order valence-corrected chi connectivity index (χ1v) is 12.9. The van der Waals surface area contributed by atoms with Crippen molar-refractivity contribution in [1.82, 2.24) is 4.98 Å². The molecule has 0 radical (unpaired) electrons. The Morgan fingerprint density at radius 1 is 0.886 bits per heavy atom. The minimum absolute atomic E-state index is 0.224. The summed E-state index contributed by atoms with van der Waals surface area (Å²) in [5.41, 5.74) is 7.07. The number of carboxylic acids is 1. The van der Waals surface area contributed by atoms with Gasteiger partial charge in [0.1, 0.15) is 10.8 Å². The highest BCUT2D eigenvalue weighted by molar-refractivity contribution is 7.15. The van der Waals surface area contributed by atoms with Gasteiger partial charge in [0, 0.05) is 23.3 Å². The van der Waals surface area contributed by atoms with E-state index in [9.17, 15) is 4.79 Å². The summed E-state index contributed by atoms with van der Waals surface area (Å²) in [6.07, 6.45) is 3.41. The Labute approximate surface area is 211 Å². The summed E-state index contributed by atoms with van der Waals surface area (Å²) >= 11 is 1.72. The molecule has 5 heteroatoms. The van der Waals surface area contributed by atoms with Gasteiger partial charge in [0.15, 0.2) is 0 Å². The molecule has 0 unspecified atom stereocenters. The minimum atomic E-state index is -0.733. The molecule has 1 heterocycles. The van der Waals surface area contributed by atoms with E-state index in [4.69, 9.17) is 14.8 Å². The van der Waals surface area contributed by atoms with Crippen molar-refractivity contribution < 1.29 is 14.6 Å². The van der Waals surface area contributed by atoms with Gasteiger partial charge in [0.05, 0.1) is 12.3 Å². The van der Waals surface area contributed by atoms with Crippen molar-refractivity contribution in [3.05, 3.63) is 94.5 Å². The standard InChI is InChI=1S/C30H31NO3S/c1-21-12-17-27(20-26(21)10-6-7-11-29(32)33)34-19-18-28-22(2)35-30(31-28)25-15-13-24(14-16-25)23-8-4-3-5-9-23/h3-5,8-9,12-17,20H,6-7,10-11,18-19H2,1-2H3,(H,32,33). The van der Waals surface area contributed by atoms with Crippen molar-refractivity contribution in [2.75, 3.05) is 6.61 Å². The third-order valence-corrected chi connectivity index (χ3v) is 7.21. The lowest BCUT2D eigenvalue weighted by atomic mass is 10.0. The molecule has 4 rings (SSSR count). The van der Waals surface area contributed by atoms with Crippen LogP contribution in [0.2, 0.25) is 0 Å². The summed E-state index contributed by atoms with van der Waals surface area (Å²) in [5.74, 6) is 0.122. The second kappa shape index (κ2) is 11.8. The zero-order chi connectivity index (χ0) is 24.6. The molecule has 1 N–H and O–H groups in total. The Kier molecular flexibility index (Phi) is 8.32. The number of benzene rings is 3. The zero-order valence-electron chi connectivity index (χ0n) is 20.3. The zero-order valence-corrected chi connectivity index (χ0v) is 21.1. The average molecular weight is 486 g/mol. The normalized spacial score (nSPS) is 10.9. The molecule has 1 aromatic heterocycles. The summed E-state index contributed by atoms with van der Waals surface area (Å²) in [5, 5.41) is 9.85. The largest absolute Gasteiger partial charge is 0.493 e. The number of carboxylic acid groups (broad SMARTS) is 1. The first-order valence-electron chi connectivity index (χ1n) is 12.1. The van der Waals surface area contributed by atoms with E-state index in [2.05, 4.69) is 74.5 Å². The molecule has 35 heavy (non-hydrogen) atoms. The van der Waals surface area contributed by atoms with E-state index in [1.54, 1.807) is 11.3 Å². The number of ether oxygens (including phenoxy) is 1. The van der Waals surface area contributed by atoms with E-state index < -0.39 is 5.97 Å². The number of hydrogen-bond acceptors (Lipinski definition) is 4. The molecule has 0 saturated heterocycles. The van der Waals surface area contributed by atoms with Gasteiger partial charge < -0.3 is 9.84 Å². The van der Waals surface area contributed by atoms with Gasteiger partial charge in [0.2, 0.25) is 0 Å². The highest BCUT2D eigenvalue weighted by atomic mass is 32.1. The summed E-state index contributed by atoms with van der Waals surface area (Å²) in [7, 11) is 0. The van der Waals surface area contributed by atoms with Crippen LogP contribution in [0.3, 0.4) is 0 Å². The fourth-order valence-corrected chi connectivity index (χ4v) is 5.05. The van der Waals surface area contributed by atoms with E-state index in [0.717, 1.165) is 41.3 Å². The molecule has 0 aliphatic heterocycles. The van der Waals surface area contributed by atoms with Crippen LogP contribution in [0, 0.1) is 13.8 Å². The third-order valence-electron chi connectivity index (χ3n) is 6.15. The van der Waals surface area contributed by atoms with Gasteiger partial charge in [0.25, 0.3) is 0 Å². The van der Waals surface area contributed by atoms with Crippen molar-refractivity contribution in [2.24, 2.45) is 0 Å². The van der Waals surface area contributed by atoms with E-state index in [1.807, 2.05) is 12.1 Å². The number of hydrogen-bond donors (Lipinski definition) is 1. The van der Waals surface area contributed by atoms with Crippen LogP contribution in [0.4, 0.5) is 0 Å². The van der Waals surface area contributed by atoms with E-state index >= 15 is 0 Å². The third kappa shape index (κ3) is 6.80. The lowest BCUT2D eigenvalue weighted by molar-refractivity contribution is -0.137. The average Bonchev–Trinajstić information content (AvgIpc) is 3.24. The number of aliphatic carboxylic acids is 1. The summed E-state index contributed by atoms with van der Waals surface area (Å²) in [6, 6.07) is 25.2. The fraction of sp³-hybridized carbons (Fsp3) is 0.267. The molecule has 0 spiro atoms. The van der Waals surface area contributed by atoms with Crippen molar-refractivity contribution in [3.63, 3.8) is 0 Å². The fourth-order valence-electron chi connectivity index (χ4n) is 4.08. The van der Waals surface area contributed by atoms with Gasteiger partial charge in [-0.15, -0.1) is 11.3 Å². The number of nitrogens with zero attached hydrogens (tertiary/aromatic N) is 1. The van der Waals surface area contributed by atoms with Crippen LogP contribution in [0.15, 0.2) is 72.8 Å². The second-order valence-corrected chi connectivity index (χ2v) is 9.96. The van der Waals surface area contributed by atoms with E-state index in [-0.39, 0.29) is 6.42 Å². The SMILES string of the molecule is Cc1ccc(OCCc2nc(-c3ccc(-c4ccccc4)cc3)sc2C)cc1CCCCC(=O)O. The van der Waals surface area contributed by atoms with Crippen LogP contribution in [0.25, 0.3) is 21.7 Å². The molecular formula is C30H31NO3S. The Bertz CT molecular complexity index is 1260. The number of rotatable bonds is 11. The Morgan fingerprint density at radius 3 is 2.34 bits per heavy atom. The predicted molar refractivity (Wildman–Crippen MR) is 143 cm³/mol. The molecule has 180 valence electrons. The number of aryl methyl sites for hydroxylation is 3. The maximum Gasteiger partial charge on any atom is 0.303 e. The molecule has 4 nitrogen and oxygen atoms in total. The number of aromatic nitrogens is 1. The van der Waals surface area contributed by atoms with Gasteiger partial charge in [-0.1, -0.05) is 60.7 Å². The second-order valence-electron chi connectivity index (χ2n) is 8.75. The van der Waals surface area contributed by atoms with Crippen LogP contribution < -0.4 is 4.74 Å². The molecule has 4 aromatic rings.